The highest BCUT2D eigenvalue weighted by Crippen LogP contribution is 2.26. The summed E-state index contributed by atoms with van der Waals surface area (Å²) in [5.41, 5.74) is -2.24. The Balaban J connectivity index is 5.54. The molecule has 0 saturated heterocycles. The second-order valence-electron chi connectivity index (χ2n) is 2.42. The first-order valence-electron chi connectivity index (χ1n) is 3.17. The topological polar surface area (TPSA) is 123 Å². The minimum Gasteiger partial charge on any atom is -0.363 e. The normalized spacial score (nSPS) is 14.6. The first kappa shape index (κ1) is 16.0. The van der Waals surface area contributed by atoms with Crippen molar-refractivity contribution in [3.8, 4) is 0 Å². The summed E-state index contributed by atoms with van der Waals surface area (Å²) in [5.74, 6) is -2.83. The molecule has 0 heterocycles. The van der Waals surface area contributed by atoms with Gasteiger partial charge in [0.15, 0.2) is 0 Å². The van der Waals surface area contributed by atoms with Gasteiger partial charge in [0.1, 0.15) is 0 Å². The number of amides is 1. The van der Waals surface area contributed by atoms with E-state index in [9.17, 15) is 43.6 Å². The Hall–Kier alpha value is -1.02. The van der Waals surface area contributed by atoms with Crippen molar-refractivity contribution in [1.82, 2.24) is 4.13 Å². The van der Waals surface area contributed by atoms with Gasteiger partial charge in [0.2, 0.25) is 0 Å². The Morgan fingerprint density at radius 2 is 1.29 bits per heavy atom. The minimum absolute atomic E-state index is 0.337. The lowest BCUT2D eigenvalue weighted by atomic mass is 10.7. The van der Waals surface area contributed by atoms with Crippen LogP contribution in [-0.4, -0.2) is 33.5 Å². The van der Waals surface area contributed by atoms with Gasteiger partial charge in [0, 0.05) is 0 Å². The molecular formula is C3H3F5N2O5S2. The number of sulfonamides is 2. The van der Waals surface area contributed by atoms with Gasteiger partial charge in [-0.05, 0) is 0 Å². The molecule has 0 aliphatic heterocycles. The summed E-state index contributed by atoms with van der Waals surface area (Å²) < 4.78 is 101. The van der Waals surface area contributed by atoms with Gasteiger partial charge in [0.25, 0.3) is 0 Å². The van der Waals surface area contributed by atoms with E-state index in [4.69, 9.17) is 0 Å². The van der Waals surface area contributed by atoms with Crippen LogP contribution in [0.5, 0.6) is 0 Å². The highest BCUT2D eigenvalue weighted by molar-refractivity contribution is 8.05. The van der Waals surface area contributed by atoms with Crippen molar-refractivity contribution in [2.45, 2.75) is 10.8 Å². The molecule has 0 rings (SSSR count). The molecule has 0 fully saturated rings. The molecule has 0 spiro atoms. The second kappa shape index (κ2) is 4.02. The van der Waals surface area contributed by atoms with E-state index in [-0.39, 0.29) is 4.13 Å². The minimum atomic E-state index is -6.60. The van der Waals surface area contributed by atoms with E-state index in [0.717, 1.165) is 0 Å². The molecule has 0 saturated carbocycles. The van der Waals surface area contributed by atoms with Crippen LogP contribution in [0, 0.1) is 0 Å². The molecule has 14 heteroatoms. The number of carbonyl (C=O) groups is 1. The first-order chi connectivity index (χ1) is 7.15. The predicted octanol–water partition coefficient (Wildman–Crippen LogP) is -1.17. The van der Waals surface area contributed by atoms with Crippen molar-refractivity contribution in [1.29, 1.82) is 0 Å². The van der Waals surface area contributed by atoms with Crippen LogP contribution in [0.2, 0.25) is 0 Å². The number of hydrogen-bond acceptors (Lipinski definition) is 5. The van der Waals surface area contributed by atoms with Crippen LogP contribution in [0.25, 0.3) is 0 Å². The highest BCUT2D eigenvalue weighted by Gasteiger charge is 2.57. The molecule has 0 aliphatic carbocycles. The SMILES string of the molecule is NC(=O)C(F)(F)S(=O)(=O)NS(=O)(=O)C(F)(F)F. The largest absolute Gasteiger partial charge is 0.512 e. The average molecular weight is 306 g/mol. The number of halogens is 5. The monoisotopic (exact) mass is 306 g/mol. The van der Waals surface area contributed by atoms with Crippen LogP contribution in [-0.2, 0) is 24.8 Å². The zero-order valence-corrected chi connectivity index (χ0v) is 8.96. The molecule has 7 nitrogen and oxygen atoms in total. The van der Waals surface area contributed by atoms with Gasteiger partial charge in [-0.15, -0.1) is 0 Å². The van der Waals surface area contributed by atoms with Gasteiger partial charge in [-0.2, -0.15) is 22.0 Å². The lowest BCUT2D eigenvalue weighted by molar-refractivity contribution is -0.132. The number of alkyl halides is 5. The summed E-state index contributed by atoms with van der Waals surface area (Å²) in [4.78, 5) is 9.98. The Bertz CT molecular complexity index is 518. The molecule has 0 atom stereocenters. The van der Waals surface area contributed by atoms with E-state index >= 15 is 0 Å². The van der Waals surface area contributed by atoms with Gasteiger partial charge >= 0.3 is 36.7 Å². The van der Waals surface area contributed by atoms with E-state index in [1.165, 1.54) is 0 Å². The van der Waals surface area contributed by atoms with Crippen LogP contribution in [0.3, 0.4) is 0 Å². The molecule has 102 valence electrons. The lowest BCUT2D eigenvalue weighted by Crippen LogP contribution is -2.52. The number of nitrogens with two attached hydrogens (primary N) is 1. The Morgan fingerprint density at radius 3 is 1.53 bits per heavy atom. The molecule has 3 N–H and O–H groups in total. The molecule has 0 unspecified atom stereocenters. The maximum absolute atomic E-state index is 12.5. The maximum Gasteiger partial charge on any atom is 0.512 e. The van der Waals surface area contributed by atoms with E-state index in [1.807, 2.05) is 0 Å². The predicted molar refractivity (Wildman–Crippen MR) is 41.2 cm³/mol. The average Bonchev–Trinajstić information content (AvgIpc) is 1.98. The van der Waals surface area contributed by atoms with Crippen LogP contribution < -0.4 is 9.86 Å². The molecule has 0 aromatic heterocycles. The molecular weight excluding hydrogens is 303 g/mol. The van der Waals surface area contributed by atoms with Crippen molar-refractivity contribution < 1.29 is 43.6 Å². The summed E-state index contributed by atoms with van der Waals surface area (Å²) >= 11 is 0. The van der Waals surface area contributed by atoms with Crippen molar-refractivity contribution in [3.63, 3.8) is 0 Å². The zero-order valence-electron chi connectivity index (χ0n) is 7.32. The molecule has 0 aliphatic rings. The third kappa shape index (κ3) is 3.01. The van der Waals surface area contributed by atoms with Crippen LogP contribution in [0.1, 0.15) is 0 Å². The molecule has 0 radical (unpaired) electrons. The number of nitrogens with one attached hydrogen (secondary N) is 1. The first-order valence-corrected chi connectivity index (χ1v) is 6.14. The van der Waals surface area contributed by atoms with Crippen LogP contribution in [0.4, 0.5) is 22.0 Å². The number of primary amides is 1. The third-order valence-corrected chi connectivity index (χ3v) is 4.39. The summed E-state index contributed by atoms with van der Waals surface area (Å²) in [5, 5.41) is -5.51. The summed E-state index contributed by atoms with van der Waals surface area (Å²) in [7, 11) is -13.1. The molecule has 0 bridgehead atoms. The third-order valence-electron chi connectivity index (χ3n) is 1.15. The maximum atomic E-state index is 12.5. The van der Waals surface area contributed by atoms with Gasteiger partial charge in [0.05, 0.1) is 0 Å². The van der Waals surface area contributed by atoms with Crippen LogP contribution >= 0.6 is 0 Å². The fraction of sp³-hybridized carbons (Fsp3) is 0.667. The smallest absolute Gasteiger partial charge is 0.363 e. The molecule has 17 heavy (non-hydrogen) atoms. The van der Waals surface area contributed by atoms with Gasteiger partial charge in [-0.1, -0.05) is 4.13 Å². The van der Waals surface area contributed by atoms with E-state index < -0.39 is 36.7 Å². The Labute approximate surface area is 90.9 Å². The van der Waals surface area contributed by atoms with Crippen molar-refractivity contribution >= 4 is 26.0 Å². The van der Waals surface area contributed by atoms with Crippen molar-refractivity contribution in [3.05, 3.63) is 0 Å². The second-order valence-corrected chi connectivity index (χ2v) is 6.07. The summed E-state index contributed by atoms with van der Waals surface area (Å²) in [6, 6.07) is 0. The lowest BCUT2D eigenvalue weighted by Gasteiger charge is -2.15. The highest BCUT2D eigenvalue weighted by atomic mass is 32.3. The quantitative estimate of drug-likeness (QED) is 0.634. The zero-order chi connectivity index (χ0) is 14.3. The van der Waals surface area contributed by atoms with Crippen LogP contribution in [0.15, 0.2) is 0 Å². The summed E-state index contributed by atoms with van der Waals surface area (Å²) in [6.45, 7) is 0. The Morgan fingerprint density at radius 1 is 0.941 bits per heavy atom. The van der Waals surface area contributed by atoms with Gasteiger partial charge in [-0.25, -0.2) is 16.8 Å². The Kier molecular flexibility index (Phi) is 3.78. The molecule has 1 amide bonds. The van der Waals surface area contributed by atoms with Gasteiger partial charge < -0.3 is 5.73 Å². The van der Waals surface area contributed by atoms with Gasteiger partial charge in [-0.3, -0.25) is 4.79 Å². The number of hydrogen-bond donors (Lipinski definition) is 2. The van der Waals surface area contributed by atoms with Crippen molar-refractivity contribution in [2.24, 2.45) is 5.73 Å². The summed E-state index contributed by atoms with van der Waals surface area (Å²) in [6.07, 6.45) is 0. The number of rotatable bonds is 4. The van der Waals surface area contributed by atoms with E-state index in [2.05, 4.69) is 5.73 Å². The fourth-order valence-corrected chi connectivity index (χ4v) is 2.59. The molecule has 0 aromatic carbocycles. The van der Waals surface area contributed by atoms with Crippen molar-refractivity contribution in [2.75, 3.05) is 0 Å². The molecule has 0 aromatic rings. The van der Waals surface area contributed by atoms with E-state index in [1.54, 1.807) is 0 Å². The standard InChI is InChI=1S/C3H3F5N2O5S2/c4-2(5,1(9)11)16(12,13)10-17(14,15)3(6,7)8/h10H,(H2,9,11). The number of carbonyl (C=O) groups excluding carboxylic acids is 1. The fourth-order valence-electron chi connectivity index (χ4n) is 0.376. The van der Waals surface area contributed by atoms with E-state index in [0.29, 0.717) is 0 Å².